The summed E-state index contributed by atoms with van der Waals surface area (Å²) in [5.74, 6) is 1.51. The van der Waals surface area contributed by atoms with Gasteiger partial charge in [-0.2, -0.15) is 0 Å². The minimum absolute atomic E-state index is 0.607. The summed E-state index contributed by atoms with van der Waals surface area (Å²) in [5, 5.41) is 4.16. The molecule has 2 aromatic carbocycles. The first kappa shape index (κ1) is 24.0. The van der Waals surface area contributed by atoms with Crippen molar-refractivity contribution in [1.29, 1.82) is 0 Å². The van der Waals surface area contributed by atoms with Crippen LogP contribution in [0.1, 0.15) is 30.0 Å². The van der Waals surface area contributed by atoms with Gasteiger partial charge in [0.1, 0.15) is 0 Å². The van der Waals surface area contributed by atoms with Gasteiger partial charge < -0.3 is 24.6 Å². The number of methoxy groups -OCH3 is 1. The van der Waals surface area contributed by atoms with Gasteiger partial charge in [0, 0.05) is 18.8 Å². The molecule has 0 fully saturated rings. The molecular weight excluding hydrogens is 394 g/mol. The van der Waals surface area contributed by atoms with E-state index in [0.717, 1.165) is 47.4 Å². The lowest BCUT2D eigenvalue weighted by molar-refractivity contribution is 0.309. The van der Waals surface area contributed by atoms with Gasteiger partial charge in [0.15, 0.2) is 16.6 Å². The van der Waals surface area contributed by atoms with Crippen molar-refractivity contribution in [2.45, 2.75) is 33.7 Å². The minimum atomic E-state index is 0.607. The van der Waals surface area contributed by atoms with Crippen LogP contribution in [0.15, 0.2) is 36.4 Å². The van der Waals surface area contributed by atoms with E-state index in [-0.39, 0.29) is 0 Å². The van der Waals surface area contributed by atoms with Crippen molar-refractivity contribution in [1.82, 2.24) is 9.80 Å². The maximum absolute atomic E-state index is 5.80. The van der Waals surface area contributed by atoms with Crippen molar-refractivity contribution in [2.24, 2.45) is 0 Å². The third-order valence-electron chi connectivity index (χ3n) is 4.69. The van der Waals surface area contributed by atoms with Gasteiger partial charge in [-0.05, 0) is 101 Å². The predicted molar refractivity (Wildman–Crippen MR) is 130 cm³/mol. The Balaban J connectivity index is 2.18. The molecule has 30 heavy (non-hydrogen) atoms. The minimum Gasteiger partial charge on any atom is -0.493 e. The number of nitrogens with zero attached hydrogens (tertiary/aromatic N) is 2. The average Bonchev–Trinajstić information content (AvgIpc) is 2.67. The van der Waals surface area contributed by atoms with Crippen LogP contribution in [0.3, 0.4) is 0 Å². The Morgan fingerprint density at radius 2 is 1.70 bits per heavy atom. The summed E-state index contributed by atoms with van der Waals surface area (Å²) in [6, 6.07) is 12.5. The van der Waals surface area contributed by atoms with Crippen molar-refractivity contribution >= 4 is 23.0 Å². The third kappa shape index (κ3) is 7.50. The van der Waals surface area contributed by atoms with Gasteiger partial charge in [-0.3, -0.25) is 0 Å². The molecule has 0 atom stereocenters. The second-order valence-electron chi connectivity index (χ2n) is 7.80. The van der Waals surface area contributed by atoms with Crippen LogP contribution in [0, 0.1) is 13.8 Å². The SMILES string of the molecule is CCOc1ccc(CN(CCCN(C)C)C(=S)Nc2cc(C)cc(C)c2)cc1OC. The number of anilines is 1. The van der Waals surface area contributed by atoms with Crippen LogP contribution in [0.5, 0.6) is 11.5 Å². The van der Waals surface area contributed by atoms with Gasteiger partial charge in [-0.1, -0.05) is 12.1 Å². The van der Waals surface area contributed by atoms with Gasteiger partial charge >= 0.3 is 0 Å². The maximum atomic E-state index is 5.80. The fourth-order valence-corrected chi connectivity index (χ4v) is 3.66. The molecule has 0 aliphatic carbocycles. The molecule has 0 saturated heterocycles. The van der Waals surface area contributed by atoms with Gasteiger partial charge in [0.05, 0.1) is 13.7 Å². The highest BCUT2D eigenvalue weighted by atomic mass is 32.1. The summed E-state index contributed by atoms with van der Waals surface area (Å²) in [6.45, 7) is 9.35. The Morgan fingerprint density at radius 3 is 2.30 bits per heavy atom. The van der Waals surface area contributed by atoms with Crippen molar-refractivity contribution in [3.8, 4) is 11.5 Å². The predicted octanol–water partition coefficient (Wildman–Crippen LogP) is 4.86. The van der Waals surface area contributed by atoms with Crippen LogP contribution in [-0.4, -0.2) is 55.8 Å². The third-order valence-corrected chi connectivity index (χ3v) is 5.06. The summed E-state index contributed by atoms with van der Waals surface area (Å²) in [6.07, 6.45) is 1.02. The van der Waals surface area contributed by atoms with Gasteiger partial charge in [0.2, 0.25) is 0 Å². The molecular formula is C24H35N3O2S. The van der Waals surface area contributed by atoms with E-state index in [9.17, 15) is 0 Å². The molecule has 1 N–H and O–H groups in total. The van der Waals surface area contributed by atoms with E-state index in [1.165, 1.54) is 11.1 Å². The van der Waals surface area contributed by atoms with E-state index in [1.54, 1.807) is 7.11 Å². The molecule has 0 radical (unpaired) electrons. The van der Waals surface area contributed by atoms with Crippen LogP contribution in [0.4, 0.5) is 5.69 Å². The molecule has 0 aliphatic heterocycles. The second-order valence-corrected chi connectivity index (χ2v) is 8.19. The number of hydrogen-bond donors (Lipinski definition) is 1. The Labute approximate surface area is 187 Å². The molecule has 0 amide bonds. The zero-order chi connectivity index (χ0) is 22.1. The van der Waals surface area contributed by atoms with E-state index in [4.69, 9.17) is 21.7 Å². The first-order chi connectivity index (χ1) is 14.3. The number of hydrogen-bond acceptors (Lipinski definition) is 4. The lowest BCUT2D eigenvalue weighted by Crippen LogP contribution is -2.36. The molecule has 0 aromatic heterocycles. The summed E-state index contributed by atoms with van der Waals surface area (Å²) >= 11 is 5.80. The van der Waals surface area contributed by atoms with Crippen LogP contribution >= 0.6 is 12.2 Å². The largest absolute Gasteiger partial charge is 0.493 e. The molecule has 0 aliphatic rings. The fraction of sp³-hybridized carbons (Fsp3) is 0.458. The van der Waals surface area contributed by atoms with Crippen molar-refractivity contribution in [2.75, 3.05) is 46.2 Å². The standard InChI is InChI=1S/C24H35N3O2S/c1-7-29-22-10-9-20(16-23(22)28-6)17-27(12-8-11-26(4)5)24(30)25-21-14-18(2)13-19(3)15-21/h9-10,13-16H,7-8,11-12,17H2,1-6H3,(H,25,30). The van der Waals surface area contributed by atoms with Gasteiger partial charge in [-0.25, -0.2) is 0 Å². The molecule has 0 spiro atoms. The lowest BCUT2D eigenvalue weighted by atomic mass is 10.1. The highest BCUT2D eigenvalue weighted by Crippen LogP contribution is 2.28. The highest BCUT2D eigenvalue weighted by molar-refractivity contribution is 7.80. The fourth-order valence-electron chi connectivity index (χ4n) is 3.39. The van der Waals surface area contributed by atoms with E-state index >= 15 is 0 Å². The van der Waals surface area contributed by atoms with Crippen LogP contribution in [0.2, 0.25) is 0 Å². The topological polar surface area (TPSA) is 37.0 Å². The normalized spacial score (nSPS) is 10.8. The molecule has 0 unspecified atom stereocenters. The summed E-state index contributed by atoms with van der Waals surface area (Å²) in [7, 11) is 5.85. The Hall–Kier alpha value is -2.31. The Morgan fingerprint density at radius 1 is 1.00 bits per heavy atom. The number of aryl methyl sites for hydroxylation is 2. The van der Waals surface area contributed by atoms with Crippen LogP contribution in [0.25, 0.3) is 0 Å². The molecule has 5 nitrogen and oxygen atoms in total. The summed E-state index contributed by atoms with van der Waals surface area (Å²) in [4.78, 5) is 4.41. The van der Waals surface area contributed by atoms with E-state index in [2.05, 4.69) is 67.3 Å². The zero-order valence-electron chi connectivity index (χ0n) is 19.1. The Bertz CT molecular complexity index is 819. The monoisotopic (exact) mass is 429 g/mol. The van der Waals surface area contributed by atoms with Crippen molar-refractivity contribution in [3.63, 3.8) is 0 Å². The quantitative estimate of drug-likeness (QED) is 0.544. The zero-order valence-corrected chi connectivity index (χ0v) is 19.9. The van der Waals surface area contributed by atoms with Gasteiger partial charge in [-0.15, -0.1) is 0 Å². The van der Waals surface area contributed by atoms with Gasteiger partial charge in [0.25, 0.3) is 0 Å². The van der Waals surface area contributed by atoms with E-state index in [1.807, 2.05) is 19.1 Å². The first-order valence-corrected chi connectivity index (χ1v) is 10.8. The van der Waals surface area contributed by atoms with E-state index in [0.29, 0.717) is 13.2 Å². The molecule has 2 rings (SSSR count). The number of thiocarbonyl (C=S) groups is 1. The molecule has 2 aromatic rings. The second kappa shape index (κ2) is 11.8. The number of ether oxygens (including phenoxy) is 2. The summed E-state index contributed by atoms with van der Waals surface area (Å²) < 4.78 is 11.2. The highest BCUT2D eigenvalue weighted by Gasteiger charge is 2.13. The smallest absolute Gasteiger partial charge is 0.173 e. The number of benzene rings is 2. The number of rotatable bonds is 10. The van der Waals surface area contributed by atoms with Crippen molar-refractivity contribution in [3.05, 3.63) is 53.1 Å². The Kier molecular flexibility index (Phi) is 9.40. The van der Waals surface area contributed by atoms with Crippen LogP contribution < -0.4 is 14.8 Å². The molecule has 0 bridgehead atoms. The number of nitrogens with one attached hydrogen (secondary N) is 1. The maximum Gasteiger partial charge on any atom is 0.173 e. The van der Waals surface area contributed by atoms with E-state index < -0.39 is 0 Å². The molecule has 0 heterocycles. The summed E-state index contributed by atoms with van der Waals surface area (Å²) in [5.41, 5.74) is 4.59. The molecule has 6 heteroatoms. The van der Waals surface area contributed by atoms with Crippen LogP contribution in [-0.2, 0) is 6.54 Å². The first-order valence-electron chi connectivity index (χ1n) is 10.4. The van der Waals surface area contributed by atoms with Crippen molar-refractivity contribution < 1.29 is 9.47 Å². The molecule has 164 valence electrons. The molecule has 0 saturated carbocycles. The average molecular weight is 430 g/mol. The lowest BCUT2D eigenvalue weighted by Gasteiger charge is -2.27.